The van der Waals surface area contributed by atoms with E-state index in [0.29, 0.717) is 0 Å². The van der Waals surface area contributed by atoms with E-state index in [1.54, 1.807) is 11.3 Å². The maximum atomic E-state index is 8.76. The Morgan fingerprint density at radius 3 is 2.80 bits per heavy atom. The summed E-state index contributed by atoms with van der Waals surface area (Å²) in [7, 11) is 0. The molecule has 0 unspecified atom stereocenters. The molecule has 1 aromatic heterocycles. The van der Waals surface area contributed by atoms with Crippen molar-refractivity contribution >= 4 is 11.3 Å². The molecule has 0 bridgehead atoms. The van der Waals surface area contributed by atoms with Gasteiger partial charge in [0.15, 0.2) is 0 Å². The third kappa shape index (κ3) is 3.26. The number of rotatable bonds is 6. The third-order valence-electron chi connectivity index (χ3n) is 2.65. The molecule has 0 aliphatic heterocycles. The van der Waals surface area contributed by atoms with E-state index in [0.717, 1.165) is 30.1 Å². The standard InChI is InChI=1S/C11H20N2OS/c1-4-11(3,12-6-5-7-14)10-13-9(2)8-15-10/h8,12,14H,4-7H2,1-3H3/t11-/m0/s1. The zero-order valence-electron chi connectivity index (χ0n) is 9.71. The van der Waals surface area contributed by atoms with Crippen LogP contribution in [0.15, 0.2) is 5.38 Å². The van der Waals surface area contributed by atoms with Crippen LogP contribution in [0.2, 0.25) is 0 Å². The fraction of sp³-hybridized carbons (Fsp3) is 0.727. The molecule has 1 rings (SSSR count). The average Bonchev–Trinajstić information content (AvgIpc) is 2.65. The molecule has 0 radical (unpaired) electrons. The van der Waals surface area contributed by atoms with Gasteiger partial charge in [-0.05, 0) is 33.2 Å². The van der Waals surface area contributed by atoms with Gasteiger partial charge in [-0.1, -0.05) is 6.92 Å². The summed E-state index contributed by atoms with van der Waals surface area (Å²) in [6.45, 7) is 7.41. The number of aryl methyl sites for hydroxylation is 1. The summed E-state index contributed by atoms with van der Waals surface area (Å²) in [5, 5.41) is 15.4. The van der Waals surface area contributed by atoms with Crippen molar-refractivity contribution in [3.05, 3.63) is 16.1 Å². The molecule has 0 saturated carbocycles. The van der Waals surface area contributed by atoms with Crippen molar-refractivity contribution in [3.63, 3.8) is 0 Å². The van der Waals surface area contributed by atoms with Crippen molar-refractivity contribution < 1.29 is 5.11 Å². The number of aliphatic hydroxyl groups excluding tert-OH is 1. The van der Waals surface area contributed by atoms with E-state index in [1.807, 2.05) is 6.92 Å². The molecule has 0 aliphatic rings. The lowest BCUT2D eigenvalue weighted by Crippen LogP contribution is -2.39. The van der Waals surface area contributed by atoms with Crippen LogP contribution in [0.4, 0.5) is 0 Å². The second kappa shape index (κ2) is 5.58. The average molecular weight is 228 g/mol. The van der Waals surface area contributed by atoms with Crippen LogP contribution in [0.25, 0.3) is 0 Å². The maximum absolute atomic E-state index is 8.76. The SMILES string of the molecule is CC[C@](C)(NCCCO)c1nc(C)cs1. The van der Waals surface area contributed by atoms with E-state index >= 15 is 0 Å². The van der Waals surface area contributed by atoms with Gasteiger partial charge in [-0.25, -0.2) is 4.98 Å². The first-order chi connectivity index (χ1) is 7.12. The van der Waals surface area contributed by atoms with E-state index in [1.165, 1.54) is 0 Å². The first-order valence-corrected chi connectivity index (χ1v) is 6.29. The Morgan fingerprint density at radius 1 is 1.60 bits per heavy atom. The monoisotopic (exact) mass is 228 g/mol. The third-order valence-corrected chi connectivity index (χ3v) is 3.87. The van der Waals surface area contributed by atoms with Gasteiger partial charge >= 0.3 is 0 Å². The first kappa shape index (κ1) is 12.6. The molecule has 1 heterocycles. The van der Waals surface area contributed by atoms with Gasteiger partial charge in [0.2, 0.25) is 0 Å². The zero-order chi connectivity index (χ0) is 11.3. The molecule has 0 aliphatic carbocycles. The molecule has 0 spiro atoms. The normalized spacial score (nSPS) is 15.2. The Hall–Kier alpha value is -0.450. The topological polar surface area (TPSA) is 45.1 Å². The minimum Gasteiger partial charge on any atom is -0.396 e. The van der Waals surface area contributed by atoms with Crippen LogP contribution in [0.3, 0.4) is 0 Å². The number of hydrogen-bond donors (Lipinski definition) is 2. The molecule has 1 aromatic rings. The number of nitrogens with zero attached hydrogens (tertiary/aromatic N) is 1. The molecule has 0 aromatic carbocycles. The highest BCUT2D eigenvalue weighted by atomic mass is 32.1. The van der Waals surface area contributed by atoms with Crippen molar-refractivity contribution in [2.75, 3.05) is 13.2 Å². The van der Waals surface area contributed by atoms with Gasteiger partial charge in [-0.2, -0.15) is 0 Å². The van der Waals surface area contributed by atoms with Crippen LogP contribution in [-0.2, 0) is 5.54 Å². The van der Waals surface area contributed by atoms with Crippen LogP contribution >= 0.6 is 11.3 Å². The van der Waals surface area contributed by atoms with Gasteiger partial charge in [-0.15, -0.1) is 11.3 Å². The van der Waals surface area contributed by atoms with E-state index in [2.05, 4.69) is 29.5 Å². The van der Waals surface area contributed by atoms with Gasteiger partial charge in [0.25, 0.3) is 0 Å². The Balaban J connectivity index is 2.67. The van der Waals surface area contributed by atoms with Crippen LogP contribution in [-0.4, -0.2) is 23.2 Å². The minimum atomic E-state index is -0.0475. The minimum absolute atomic E-state index is 0.0475. The molecule has 3 nitrogen and oxygen atoms in total. The van der Waals surface area contributed by atoms with Gasteiger partial charge in [0.1, 0.15) is 5.01 Å². The van der Waals surface area contributed by atoms with Crippen molar-refractivity contribution in [2.24, 2.45) is 0 Å². The molecular weight excluding hydrogens is 208 g/mol. The lowest BCUT2D eigenvalue weighted by Gasteiger charge is -2.27. The molecular formula is C11H20N2OS. The predicted octanol–water partition coefficient (Wildman–Crippen LogP) is 2.05. The number of hydrogen-bond acceptors (Lipinski definition) is 4. The quantitative estimate of drug-likeness (QED) is 0.732. The van der Waals surface area contributed by atoms with Crippen molar-refractivity contribution in [3.8, 4) is 0 Å². The fourth-order valence-electron chi connectivity index (χ4n) is 1.40. The van der Waals surface area contributed by atoms with Crippen LogP contribution in [0.1, 0.15) is 37.4 Å². The second-order valence-electron chi connectivity index (χ2n) is 3.98. The molecule has 2 N–H and O–H groups in total. The van der Waals surface area contributed by atoms with Crippen molar-refractivity contribution in [1.29, 1.82) is 0 Å². The second-order valence-corrected chi connectivity index (χ2v) is 4.84. The molecule has 86 valence electrons. The van der Waals surface area contributed by atoms with Gasteiger partial charge < -0.3 is 10.4 Å². The predicted molar refractivity (Wildman–Crippen MR) is 64.2 cm³/mol. The summed E-state index contributed by atoms with van der Waals surface area (Å²) >= 11 is 1.70. The first-order valence-electron chi connectivity index (χ1n) is 5.41. The smallest absolute Gasteiger partial charge is 0.113 e. The maximum Gasteiger partial charge on any atom is 0.113 e. The molecule has 0 saturated heterocycles. The van der Waals surface area contributed by atoms with Crippen LogP contribution in [0.5, 0.6) is 0 Å². The number of nitrogens with one attached hydrogen (secondary N) is 1. The highest BCUT2D eigenvalue weighted by Crippen LogP contribution is 2.27. The molecule has 0 fully saturated rings. The van der Waals surface area contributed by atoms with E-state index in [-0.39, 0.29) is 12.1 Å². The summed E-state index contributed by atoms with van der Waals surface area (Å²) in [5.74, 6) is 0. The zero-order valence-corrected chi connectivity index (χ0v) is 10.5. The lowest BCUT2D eigenvalue weighted by molar-refractivity contribution is 0.269. The Morgan fingerprint density at radius 2 is 2.33 bits per heavy atom. The lowest BCUT2D eigenvalue weighted by atomic mass is 10.00. The van der Waals surface area contributed by atoms with E-state index in [9.17, 15) is 0 Å². The largest absolute Gasteiger partial charge is 0.396 e. The van der Waals surface area contributed by atoms with E-state index in [4.69, 9.17) is 5.11 Å². The Kier molecular flexibility index (Phi) is 4.70. The van der Waals surface area contributed by atoms with Crippen LogP contribution in [0, 0.1) is 6.92 Å². The highest BCUT2D eigenvalue weighted by Gasteiger charge is 2.26. The van der Waals surface area contributed by atoms with Crippen LogP contribution < -0.4 is 5.32 Å². The molecule has 4 heteroatoms. The molecule has 0 amide bonds. The summed E-state index contributed by atoms with van der Waals surface area (Å²) in [5.41, 5.74) is 1.03. The fourth-order valence-corrected chi connectivity index (χ4v) is 2.41. The summed E-state index contributed by atoms with van der Waals surface area (Å²) in [6, 6.07) is 0. The summed E-state index contributed by atoms with van der Waals surface area (Å²) in [4.78, 5) is 4.53. The number of thiazole rings is 1. The number of aliphatic hydroxyl groups is 1. The summed E-state index contributed by atoms with van der Waals surface area (Å²) in [6.07, 6.45) is 1.80. The number of aromatic nitrogens is 1. The van der Waals surface area contributed by atoms with Crippen molar-refractivity contribution in [2.45, 2.75) is 39.2 Å². The van der Waals surface area contributed by atoms with Gasteiger partial charge in [0.05, 0.1) is 5.54 Å². The van der Waals surface area contributed by atoms with Gasteiger partial charge in [-0.3, -0.25) is 0 Å². The van der Waals surface area contributed by atoms with Gasteiger partial charge in [0, 0.05) is 17.7 Å². The highest BCUT2D eigenvalue weighted by molar-refractivity contribution is 7.09. The molecule has 15 heavy (non-hydrogen) atoms. The van der Waals surface area contributed by atoms with E-state index < -0.39 is 0 Å². The van der Waals surface area contributed by atoms with Crippen molar-refractivity contribution in [1.82, 2.24) is 10.3 Å². The molecule has 1 atom stereocenters. The Bertz CT molecular complexity index is 301. The Labute approximate surface area is 95.6 Å². The summed E-state index contributed by atoms with van der Waals surface area (Å²) < 4.78 is 0.